The molecule has 30 heavy (non-hydrogen) atoms. The molecule has 1 atom stereocenters. The van der Waals surface area contributed by atoms with E-state index in [1.807, 2.05) is 66.7 Å². The van der Waals surface area contributed by atoms with Gasteiger partial charge in [-0.05, 0) is 69.6 Å². The van der Waals surface area contributed by atoms with Crippen molar-refractivity contribution in [3.8, 4) is 11.1 Å². The van der Waals surface area contributed by atoms with Crippen molar-refractivity contribution in [3.63, 3.8) is 0 Å². The molecule has 1 unspecified atom stereocenters. The van der Waals surface area contributed by atoms with Crippen LogP contribution in [-0.2, 0) is 21.4 Å². The molecule has 5 rings (SSSR count). The fraction of sp³-hybridized carbons (Fsp3) is 0.148. The molecule has 148 valence electrons. The third-order valence-corrected chi connectivity index (χ3v) is 6.52. The van der Waals surface area contributed by atoms with E-state index in [-0.39, 0.29) is 5.97 Å². The summed E-state index contributed by atoms with van der Waals surface area (Å²) in [6.45, 7) is 0. The molecular formula is C27H21ClO2. The molecule has 0 saturated carbocycles. The minimum atomic E-state index is -0.803. The van der Waals surface area contributed by atoms with Gasteiger partial charge in [0.15, 0.2) is 0 Å². The summed E-state index contributed by atoms with van der Waals surface area (Å²) in [4.78, 5) is 13.3. The van der Waals surface area contributed by atoms with Gasteiger partial charge in [0.1, 0.15) is 5.41 Å². The Bertz CT molecular complexity index is 1250. The van der Waals surface area contributed by atoms with Crippen molar-refractivity contribution in [2.45, 2.75) is 18.3 Å². The van der Waals surface area contributed by atoms with Crippen LogP contribution in [0.15, 0.2) is 84.9 Å². The Balaban J connectivity index is 1.90. The highest BCUT2D eigenvalue weighted by atomic mass is 35.5. The number of hydrogen-bond donors (Lipinski definition) is 0. The van der Waals surface area contributed by atoms with Crippen LogP contribution >= 0.6 is 11.6 Å². The van der Waals surface area contributed by atoms with Gasteiger partial charge in [-0.25, -0.2) is 0 Å². The first kappa shape index (κ1) is 18.9. The molecule has 0 bridgehead atoms. The number of hydrogen-bond acceptors (Lipinski definition) is 2. The normalized spacial score (nSPS) is 17.7. The van der Waals surface area contributed by atoms with Gasteiger partial charge in [-0.1, -0.05) is 78.3 Å². The topological polar surface area (TPSA) is 26.3 Å². The van der Waals surface area contributed by atoms with Gasteiger partial charge in [-0.3, -0.25) is 4.79 Å². The Labute approximate surface area is 181 Å². The molecule has 0 saturated heterocycles. The van der Waals surface area contributed by atoms with Gasteiger partial charge in [-0.15, -0.1) is 0 Å². The lowest BCUT2D eigenvalue weighted by Gasteiger charge is -2.29. The van der Waals surface area contributed by atoms with E-state index in [0.29, 0.717) is 11.4 Å². The van der Waals surface area contributed by atoms with E-state index in [9.17, 15) is 4.79 Å². The van der Waals surface area contributed by atoms with Crippen molar-refractivity contribution in [2.75, 3.05) is 7.11 Å². The van der Waals surface area contributed by atoms with E-state index in [0.717, 1.165) is 39.4 Å². The van der Waals surface area contributed by atoms with Crippen molar-refractivity contribution in [3.05, 3.63) is 107 Å². The summed E-state index contributed by atoms with van der Waals surface area (Å²) in [5.41, 5.74) is 4.70. The molecule has 1 aliphatic rings. The van der Waals surface area contributed by atoms with Crippen LogP contribution in [-0.4, -0.2) is 13.1 Å². The summed E-state index contributed by atoms with van der Waals surface area (Å²) < 4.78 is 5.37. The second kappa shape index (κ2) is 7.30. The smallest absolute Gasteiger partial charge is 0.320 e. The van der Waals surface area contributed by atoms with E-state index in [1.165, 1.54) is 12.7 Å². The summed E-state index contributed by atoms with van der Waals surface area (Å²) in [6.07, 6.45) is 1.48. The van der Waals surface area contributed by atoms with E-state index in [1.54, 1.807) is 0 Å². The summed E-state index contributed by atoms with van der Waals surface area (Å²) in [5.74, 6) is -0.209. The van der Waals surface area contributed by atoms with Crippen LogP contribution in [0.5, 0.6) is 0 Å². The number of ether oxygens (including phenoxy) is 1. The zero-order valence-electron chi connectivity index (χ0n) is 16.7. The first-order valence-electron chi connectivity index (χ1n) is 10.1. The summed E-state index contributed by atoms with van der Waals surface area (Å²) >= 11 is 6.38. The molecule has 1 aliphatic carbocycles. The van der Waals surface area contributed by atoms with Crippen molar-refractivity contribution in [2.24, 2.45) is 0 Å². The lowest BCUT2D eigenvalue weighted by atomic mass is 9.74. The molecule has 0 aromatic heterocycles. The number of benzene rings is 4. The molecule has 0 radical (unpaired) electrons. The van der Waals surface area contributed by atoms with Gasteiger partial charge < -0.3 is 4.74 Å². The Hall–Kier alpha value is -3.10. The molecule has 2 nitrogen and oxygen atoms in total. The van der Waals surface area contributed by atoms with Crippen LogP contribution in [0.25, 0.3) is 21.9 Å². The van der Waals surface area contributed by atoms with E-state index < -0.39 is 5.41 Å². The monoisotopic (exact) mass is 412 g/mol. The standard InChI is InChI=1S/C27H21ClO2/c1-30-26(29)27(20-10-6-3-7-11-20)15-14-22-24(27)16-19-12-13-21(28)17-23(19)25(22)18-8-4-2-5-9-18/h2-13,16-17H,14-15H2,1H3. The van der Waals surface area contributed by atoms with Crippen molar-refractivity contribution < 1.29 is 9.53 Å². The number of halogens is 1. The zero-order chi connectivity index (χ0) is 20.7. The molecule has 4 aromatic rings. The average Bonchev–Trinajstić information content (AvgIpc) is 3.18. The van der Waals surface area contributed by atoms with Crippen LogP contribution in [0.1, 0.15) is 23.1 Å². The Morgan fingerprint density at radius 2 is 1.63 bits per heavy atom. The van der Waals surface area contributed by atoms with Crippen LogP contribution in [0.2, 0.25) is 5.02 Å². The van der Waals surface area contributed by atoms with Crippen LogP contribution in [0.3, 0.4) is 0 Å². The zero-order valence-corrected chi connectivity index (χ0v) is 17.4. The van der Waals surface area contributed by atoms with E-state index in [4.69, 9.17) is 16.3 Å². The van der Waals surface area contributed by atoms with Gasteiger partial charge in [-0.2, -0.15) is 0 Å². The SMILES string of the molecule is COC(=O)C1(c2ccccc2)CCc2c1cc1ccc(Cl)cc1c2-c1ccccc1. The quantitative estimate of drug-likeness (QED) is 0.356. The highest BCUT2D eigenvalue weighted by molar-refractivity contribution is 6.31. The van der Waals surface area contributed by atoms with Gasteiger partial charge >= 0.3 is 5.97 Å². The highest BCUT2D eigenvalue weighted by Gasteiger charge is 2.48. The maximum absolute atomic E-state index is 13.3. The van der Waals surface area contributed by atoms with Gasteiger partial charge in [0.2, 0.25) is 0 Å². The maximum atomic E-state index is 13.3. The van der Waals surface area contributed by atoms with Gasteiger partial charge in [0.25, 0.3) is 0 Å². The highest BCUT2D eigenvalue weighted by Crippen LogP contribution is 2.50. The molecule has 3 heteroatoms. The summed E-state index contributed by atoms with van der Waals surface area (Å²) in [7, 11) is 1.48. The largest absolute Gasteiger partial charge is 0.468 e. The van der Waals surface area contributed by atoms with Crippen molar-refractivity contribution in [1.82, 2.24) is 0 Å². The molecule has 0 fully saturated rings. The average molecular weight is 413 g/mol. The first-order chi connectivity index (χ1) is 14.6. The van der Waals surface area contributed by atoms with Crippen LogP contribution < -0.4 is 0 Å². The Morgan fingerprint density at radius 1 is 0.933 bits per heavy atom. The van der Waals surface area contributed by atoms with Gasteiger partial charge in [0, 0.05) is 5.02 Å². The molecular weight excluding hydrogens is 392 g/mol. The number of carbonyl (C=O) groups is 1. The van der Waals surface area contributed by atoms with E-state index in [2.05, 4.69) is 18.2 Å². The molecule has 4 aromatic carbocycles. The number of methoxy groups -OCH3 is 1. The number of carbonyl (C=O) groups excluding carboxylic acids is 1. The van der Waals surface area contributed by atoms with Crippen molar-refractivity contribution in [1.29, 1.82) is 0 Å². The Kier molecular flexibility index (Phi) is 4.60. The molecule has 0 heterocycles. The summed E-state index contributed by atoms with van der Waals surface area (Å²) in [5, 5.41) is 2.89. The van der Waals surface area contributed by atoms with Crippen LogP contribution in [0.4, 0.5) is 0 Å². The van der Waals surface area contributed by atoms with Crippen LogP contribution in [0, 0.1) is 0 Å². The predicted octanol–water partition coefficient (Wildman–Crippen LogP) is 6.57. The number of fused-ring (bicyclic) bond motifs is 2. The second-order valence-electron chi connectivity index (χ2n) is 7.77. The second-order valence-corrected chi connectivity index (χ2v) is 8.21. The molecule has 0 N–H and O–H groups in total. The fourth-order valence-corrected chi connectivity index (χ4v) is 5.13. The third-order valence-electron chi connectivity index (χ3n) is 6.28. The Morgan fingerprint density at radius 3 is 2.33 bits per heavy atom. The summed E-state index contributed by atoms with van der Waals surface area (Å²) in [6, 6.07) is 28.5. The third kappa shape index (κ3) is 2.75. The molecule has 0 spiro atoms. The minimum absolute atomic E-state index is 0.209. The molecule has 0 amide bonds. The lowest BCUT2D eigenvalue weighted by molar-refractivity contribution is -0.145. The maximum Gasteiger partial charge on any atom is 0.320 e. The minimum Gasteiger partial charge on any atom is -0.468 e. The van der Waals surface area contributed by atoms with E-state index >= 15 is 0 Å². The number of esters is 1. The fourth-order valence-electron chi connectivity index (χ4n) is 4.96. The van der Waals surface area contributed by atoms with Crippen molar-refractivity contribution >= 4 is 28.3 Å². The molecule has 0 aliphatic heterocycles. The lowest BCUT2D eigenvalue weighted by Crippen LogP contribution is -2.36. The number of rotatable bonds is 3. The first-order valence-corrected chi connectivity index (χ1v) is 10.5. The predicted molar refractivity (Wildman–Crippen MR) is 122 cm³/mol. The van der Waals surface area contributed by atoms with Gasteiger partial charge in [0.05, 0.1) is 7.11 Å².